The average Bonchev–Trinajstić information content (AvgIpc) is 3.49. The maximum atomic E-state index is 12.2. The van der Waals surface area contributed by atoms with Crippen molar-refractivity contribution in [3.8, 4) is 22.0 Å². The van der Waals surface area contributed by atoms with E-state index in [4.69, 9.17) is 10.1 Å². The highest BCUT2D eigenvalue weighted by Gasteiger charge is 2.27. The first-order chi connectivity index (χ1) is 16.3. The number of likely N-dealkylation sites (N-methyl/N-ethyl adjacent to an activating group) is 1. The summed E-state index contributed by atoms with van der Waals surface area (Å²) in [6, 6.07) is 2.28. The standard InChI is InChI=1S/C24H30N8OS/c1-13(2)20-21(15-8-14(3)23-25-12-26-32(23)10-15)29-30-22(20)24-28-17-7-6-16(9-18(17)34-24)27-19(33)11-31(4)5/h8,10,12-13,16H,6-7,9,11H2,1-5H3,(H,27,33)(H,29,30). The number of fused-ring (bicyclic) bond motifs is 2. The topological polar surface area (TPSA) is 104 Å². The molecule has 0 aromatic carbocycles. The molecule has 178 valence electrons. The quantitative estimate of drug-likeness (QED) is 0.441. The van der Waals surface area contributed by atoms with Crippen LogP contribution in [0.4, 0.5) is 0 Å². The van der Waals surface area contributed by atoms with Gasteiger partial charge in [-0.05, 0) is 51.4 Å². The summed E-state index contributed by atoms with van der Waals surface area (Å²) in [6.07, 6.45) is 6.17. The van der Waals surface area contributed by atoms with E-state index in [-0.39, 0.29) is 17.9 Å². The van der Waals surface area contributed by atoms with Crippen LogP contribution in [-0.2, 0) is 17.6 Å². The molecule has 0 saturated carbocycles. The van der Waals surface area contributed by atoms with Gasteiger partial charge < -0.3 is 10.2 Å². The van der Waals surface area contributed by atoms with Crippen molar-refractivity contribution in [2.24, 2.45) is 0 Å². The summed E-state index contributed by atoms with van der Waals surface area (Å²) in [5, 5.41) is 16.4. The highest BCUT2D eigenvalue weighted by Crippen LogP contribution is 2.39. The summed E-state index contributed by atoms with van der Waals surface area (Å²) in [7, 11) is 3.81. The van der Waals surface area contributed by atoms with Crippen molar-refractivity contribution in [3.63, 3.8) is 0 Å². The molecular formula is C24H30N8OS. The minimum Gasteiger partial charge on any atom is -0.352 e. The molecule has 4 aromatic rings. The summed E-state index contributed by atoms with van der Waals surface area (Å²) >= 11 is 1.70. The number of H-pyrrole nitrogens is 1. The molecular weight excluding hydrogens is 448 g/mol. The van der Waals surface area contributed by atoms with Crippen molar-refractivity contribution in [1.29, 1.82) is 0 Å². The SMILES string of the molecule is Cc1cc(-c2[nH]nc(-c3nc4c(s3)CC(NC(=O)CN(C)C)CC4)c2C(C)C)cn2ncnc12. The number of hydrogen-bond acceptors (Lipinski definition) is 7. The van der Waals surface area contributed by atoms with Gasteiger partial charge in [-0.15, -0.1) is 11.3 Å². The molecule has 9 nitrogen and oxygen atoms in total. The fourth-order valence-corrected chi connectivity index (χ4v) is 5.88. The summed E-state index contributed by atoms with van der Waals surface area (Å²) in [4.78, 5) is 24.7. The van der Waals surface area contributed by atoms with Gasteiger partial charge in [-0.25, -0.2) is 14.5 Å². The lowest BCUT2D eigenvalue weighted by Crippen LogP contribution is -2.42. The first-order valence-electron chi connectivity index (χ1n) is 11.6. The van der Waals surface area contributed by atoms with Crippen molar-refractivity contribution in [1.82, 2.24) is 40.0 Å². The van der Waals surface area contributed by atoms with Crippen LogP contribution in [-0.4, -0.2) is 67.3 Å². The Labute approximate surface area is 202 Å². The molecule has 0 saturated heterocycles. The third-order valence-electron chi connectivity index (χ3n) is 6.20. The maximum Gasteiger partial charge on any atom is 0.234 e. The van der Waals surface area contributed by atoms with E-state index in [0.29, 0.717) is 6.54 Å². The van der Waals surface area contributed by atoms with Crippen LogP contribution in [0.25, 0.3) is 27.6 Å². The van der Waals surface area contributed by atoms with E-state index in [1.807, 2.05) is 36.6 Å². The molecule has 1 aliphatic rings. The third-order valence-corrected chi connectivity index (χ3v) is 7.32. The lowest BCUT2D eigenvalue weighted by atomic mass is 9.96. The van der Waals surface area contributed by atoms with E-state index < -0.39 is 0 Å². The van der Waals surface area contributed by atoms with E-state index in [1.165, 1.54) is 4.88 Å². The number of amides is 1. The molecule has 2 N–H and O–H groups in total. The van der Waals surface area contributed by atoms with E-state index in [9.17, 15) is 4.79 Å². The van der Waals surface area contributed by atoms with Crippen LogP contribution >= 0.6 is 11.3 Å². The Morgan fingerprint density at radius 2 is 2.21 bits per heavy atom. The average molecular weight is 479 g/mol. The Morgan fingerprint density at radius 3 is 2.97 bits per heavy atom. The molecule has 0 fully saturated rings. The maximum absolute atomic E-state index is 12.2. The fourth-order valence-electron chi connectivity index (χ4n) is 4.69. The lowest BCUT2D eigenvalue weighted by Gasteiger charge is -2.23. The van der Waals surface area contributed by atoms with Gasteiger partial charge in [-0.2, -0.15) is 10.2 Å². The van der Waals surface area contributed by atoms with Gasteiger partial charge >= 0.3 is 0 Å². The number of aryl methyl sites for hydroxylation is 2. The Balaban J connectivity index is 1.45. The van der Waals surface area contributed by atoms with Crippen LogP contribution in [0, 0.1) is 6.92 Å². The van der Waals surface area contributed by atoms with Gasteiger partial charge in [0.15, 0.2) is 5.65 Å². The Hall–Kier alpha value is -3.11. The second kappa shape index (κ2) is 8.92. The molecule has 4 aromatic heterocycles. The van der Waals surface area contributed by atoms with Crippen LogP contribution < -0.4 is 5.32 Å². The highest BCUT2D eigenvalue weighted by molar-refractivity contribution is 7.15. The van der Waals surface area contributed by atoms with Gasteiger partial charge in [0, 0.05) is 34.7 Å². The number of rotatable bonds is 6. The summed E-state index contributed by atoms with van der Waals surface area (Å²) in [5.41, 5.74) is 7.14. The minimum absolute atomic E-state index is 0.0712. The number of hydrogen-bond donors (Lipinski definition) is 2. The van der Waals surface area contributed by atoms with Crippen LogP contribution in [0.5, 0.6) is 0 Å². The Morgan fingerprint density at radius 1 is 1.38 bits per heavy atom. The monoisotopic (exact) mass is 478 g/mol. The molecule has 0 spiro atoms. The van der Waals surface area contributed by atoms with E-state index in [1.54, 1.807) is 17.7 Å². The fraction of sp³-hybridized carbons (Fsp3) is 0.458. The number of pyridine rings is 1. The molecule has 1 aliphatic carbocycles. The number of carbonyl (C=O) groups excluding carboxylic acids is 1. The molecule has 1 amide bonds. The molecule has 0 aliphatic heterocycles. The Kier molecular flexibility index (Phi) is 5.95. The van der Waals surface area contributed by atoms with Gasteiger partial charge in [0.1, 0.15) is 17.0 Å². The van der Waals surface area contributed by atoms with Crippen LogP contribution in [0.15, 0.2) is 18.6 Å². The summed E-state index contributed by atoms with van der Waals surface area (Å²) in [6.45, 7) is 6.82. The van der Waals surface area contributed by atoms with E-state index >= 15 is 0 Å². The van der Waals surface area contributed by atoms with Crippen LogP contribution in [0.2, 0.25) is 0 Å². The first kappa shape index (κ1) is 22.7. The smallest absolute Gasteiger partial charge is 0.234 e. The number of aromatic amines is 1. The summed E-state index contributed by atoms with van der Waals surface area (Å²) < 4.78 is 1.81. The van der Waals surface area contributed by atoms with Crippen LogP contribution in [0.3, 0.4) is 0 Å². The van der Waals surface area contributed by atoms with Gasteiger partial charge in [0.25, 0.3) is 0 Å². The predicted molar refractivity (Wildman–Crippen MR) is 133 cm³/mol. The largest absolute Gasteiger partial charge is 0.352 e. The third kappa shape index (κ3) is 4.23. The molecule has 1 unspecified atom stereocenters. The molecule has 1 atom stereocenters. The molecule has 4 heterocycles. The molecule has 5 rings (SSSR count). The molecule has 0 radical (unpaired) electrons. The van der Waals surface area contributed by atoms with Gasteiger partial charge in [-0.1, -0.05) is 13.8 Å². The van der Waals surface area contributed by atoms with Crippen LogP contribution in [0.1, 0.15) is 47.9 Å². The van der Waals surface area contributed by atoms with Gasteiger partial charge in [0.05, 0.1) is 17.9 Å². The Bertz CT molecular complexity index is 1350. The number of nitrogens with zero attached hydrogens (tertiary/aromatic N) is 6. The van der Waals surface area contributed by atoms with Crippen molar-refractivity contribution in [3.05, 3.63) is 40.3 Å². The zero-order valence-corrected chi connectivity index (χ0v) is 21.0. The zero-order chi connectivity index (χ0) is 24.0. The second-order valence-corrected chi connectivity index (χ2v) is 10.7. The first-order valence-corrected chi connectivity index (χ1v) is 12.4. The minimum atomic E-state index is 0.0712. The molecule has 34 heavy (non-hydrogen) atoms. The van der Waals surface area contributed by atoms with Crippen molar-refractivity contribution in [2.45, 2.75) is 52.0 Å². The number of carbonyl (C=O) groups is 1. The van der Waals surface area contributed by atoms with Gasteiger partial charge in [-0.3, -0.25) is 9.89 Å². The van der Waals surface area contributed by atoms with E-state index in [2.05, 4.69) is 40.4 Å². The van der Waals surface area contributed by atoms with Gasteiger partial charge in [0.2, 0.25) is 5.91 Å². The lowest BCUT2D eigenvalue weighted by molar-refractivity contribution is -0.122. The van der Waals surface area contributed by atoms with Crippen molar-refractivity contribution < 1.29 is 4.79 Å². The second-order valence-electron chi connectivity index (χ2n) is 9.59. The van der Waals surface area contributed by atoms with Crippen molar-refractivity contribution >= 4 is 22.9 Å². The normalized spacial score (nSPS) is 15.9. The number of aromatic nitrogens is 6. The molecule has 10 heteroatoms. The van der Waals surface area contributed by atoms with E-state index in [0.717, 1.165) is 63.7 Å². The molecule has 0 bridgehead atoms. The predicted octanol–water partition coefficient (Wildman–Crippen LogP) is 3.21. The van der Waals surface area contributed by atoms with Crippen molar-refractivity contribution in [2.75, 3.05) is 20.6 Å². The number of thiazole rings is 1. The highest BCUT2D eigenvalue weighted by atomic mass is 32.1. The summed E-state index contributed by atoms with van der Waals surface area (Å²) in [5.74, 6) is 0.330. The zero-order valence-electron chi connectivity index (χ0n) is 20.2. The number of nitrogens with one attached hydrogen (secondary N) is 2.